The second kappa shape index (κ2) is 10.8. The fourth-order valence-electron chi connectivity index (χ4n) is 6.69. The van der Waals surface area contributed by atoms with Crippen LogP contribution in [-0.4, -0.2) is 52.9 Å². The molecule has 7 rings (SSSR count). The molecule has 3 aromatic carbocycles. The van der Waals surface area contributed by atoms with Gasteiger partial charge in [-0.05, 0) is 43.2 Å². The minimum Gasteiger partial charge on any atom is -0.465 e. The standard InChI is InChI=1S/C34H32N2O7/c1-34(2)42-25-18-24(41-33(25)43-34)28-26-27(31(38)36(30(26)37)23-16-10-5-11-17-23)29(35(28)19-21-12-6-3-7-13-21)32(39)40-20-22-14-8-4-9-15-22/h3-18,25-29,33H,19-20H2,1-2H3/t25-,26?,27?,28-,29+,33-/m1/s1. The van der Waals surface area contributed by atoms with Crippen LogP contribution in [0, 0.1) is 11.8 Å². The smallest absolute Gasteiger partial charge is 0.324 e. The van der Waals surface area contributed by atoms with Gasteiger partial charge in [-0.15, -0.1) is 0 Å². The summed E-state index contributed by atoms with van der Waals surface area (Å²) < 4.78 is 24.1. The molecule has 0 aromatic heterocycles. The Hall–Kier alpha value is -4.31. The highest BCUT2D eigenvalue weighted by molar-refractivity contribution is 6.23. The molecular formula is C34H32N2O7. The Bertz CT molecular complexity index is 1560. The number of ether oxygens (including phenoxy) is 4. The molecule has 0 bridgehead atoms. The van der Waals surface area contributed by atoms with Crippen molar-refractivity contribution in [3.63, 3.8) is 0 Å². The molecule has 3 aromatic rings. The third-order valence-electron chi connectivity index (χ3n) is 8.44. The number of hydrogen-bond acceptors (Lipinski definition) is 8. The number of nitrogens with zero attached hydrogens (tertiary/aromatic N) is 2. The zero-order valence-electron chi connectivity index (χ0n) is 23.9. The van der Waals surface area contributed by atoms with Gasteiger partial charge < -0.3 is 18.9 Å². The summed E-state index contributed by atoms with van der Waals surface area (Å²) in [6, 6.07) is 26.0. The maximum absolute atomic E-state index is 14.2. The van der Waals surface area contributed by atoms with E-state index >= 15 is 0 Å². The Morgan fingerprint density at radius 2 is 1.42 bits per heavy atom. The minimum atomic E-state index is -1.03. The number of rotatable bonds is 7. The molecule has 4 aliphatic rings. The summed E-state index contributed by atoms with van der Waals surface area (Å²) in [5, 5.41) is 0. The number of para-hydroxylation sites is 1. The third kappa shape index (κ3) is 4.93. The van der Waals surface area contributed by atoms with Gasteiger partial charge in [0.2, 0.25) is 18.1 Å². The topological polar surface area (TPSA) is 94.6 Å². The number of likely N-dealkylation sites (tertiary alicyclic amines) is 1. The molecule has 2 amide bonds. The summed E-state index contributed by atoms with van der Waals surface area (Å²) in [4.78, 5) is 45.6. The van der Waals surface area contributed by atoms with E-state index in [4.69, 9.17) is 18.9 Å². The molecular weight excluding hydrogens is 548 g/mol. The molecule has 220 valence electrons. The largest absolute Gasteiger partial charge is 0.465 e. The highest BCUT2D eigenvalue weighted by atomic mass is 16.8. The summed E-state index contributed by atoms with van der Waals surface area (Å²) in [6.45, 7) is 3.96. The highest BCUT2D eigenvalue weighted by Crippen LogP contribution is 2.49. The molecule has 43 heavy (non-hydrogen) atoms. The van der Waals surface area contributed by atoms with E-state index in [1.165, 1.54) is 4.90 Å². The van der Waals surface area contributed by atoms with Crippen LogP contribution < -0.4 is 4.90 Å². The van der Waals surface area contributed by atoms with Crippen LogP contribution in [0.15, 0.2) is 103 Å². The molecule has 0 radical (unpaired) electrons. The lowest BCUT2D eigenvalue weighted by Crippen LogP contribution is -2.49. The average Bonchev–Trinajstić information content (AvgIpc) is 3.69. The molecule has 9 heteroatoms. The van der Waals surface area contributed by atoms with Gasteiger partial charge in [-0.2, -0.15) is 0 Å². The second-order valence-electron chi connectivity index (χ2n) is 11.7. The minimum absolute atomic E-state index is 0.0437. The van der Waals surface area contributed by atoms with E-state index in [-0.39, 0.29) is 12.5 Å². The van der Waals surface area contributed by atoms with Crippen LogP contribution in [0.4, 0.5) is 5.69 Å². The van der Waals surface area contributed by atoms with Gasteiger partial charge in [-0.25, -0.2) is 4.90 Å². The van der Waals surface area contributed by atoms with Crippen molar-refractivity contribution < 1.29 is 33.3 Å². The van der Waals surface area contributed by atoms with Crippen LogP contribution in [0.3, 0.4) is 0 Å². The summed E-state index contributed by atoms with van der Waals surface area (Å²) in [6.07, 6.45) is 0.645. The van der Waals surface area contributed by atoms with Crippen LogP contribution >= 0.6 is 0 Å². The molecule has 2 unspecified atom stereocenters. The number of imide groups is 1. The van der Waals surface area contributed by atoms with Crippen LogP contribution in [-0.2, 0) is 46.5 Å². The van der Waals surface area contributed by atoms with Crippen molar-refractivity contribution in [3.05, 3.63) is 114 Å². The molecule has 0 aliphatic carbocycles. The maximum Gasteiger partial charge on any atom is 0.324 e. The van der Waals surface area contributed by atoms with Crippen molar-refractivity contribution in [1.29, 1.82) is 0 Å². The average molecular weight is 581 g/mol. The van der Waals surface area contributed by atoms with Crippen molar-refractivity contribution in [3.8, 4) is 0 Å². The number of hydrogen-bond donors (Lipinski definition) is 0. The van der Waals surface area contributed by atoms with Crippen LogP contribution in [0.2, 0.25) is 0 Å². The number of carbonyl (C=O) groups is 3. The van der Waals surface area contributed by atoms with Gasteiger partial charge in [0.1, 0.15) is 24.5 Å². The fraction of sp³-hybridized carbons (Fsp3) is 0.324. The van der Waals surface area contributed by atoms with Crippen molar-refractivity contribution in [2.75, 3.05) is 4.90 Å². The lowest BCUT2D eigenvalue weighted by atomic mass is 9.88. The Balaban J connectivity index is 1.30. The SMILES string of the molecule is CC1(C)O[C@H]2OC([C@@H]3C4C(=O)N(c5ccccc5)C(=O)C4[C@@H](C(=O)OCc4ccccc4)N3Cc3ccccc3)=C[C@H]2O1. The van der Waals surface area contributed by atoms with E-state index in [0.717, 1.165) is 11.1 Å². The predicted octanol–water partition coefficient (Wildman–Crippen LogP) is 4.18. The Morgan fingerprint density at radius 1 is 0.814 bits per heavy atom. The first kappa shape index (κ1) is 27.5. The summed E-state index contributed by atoms with van der Waals surface area (Å²) in [7, 11) is 0. The Kier molecular flexibility index (Phi) is 6.88. The van der Waals surface area contributed by atoms with Crippen molar-refractivity contribution in [1.82, 2.24) is 4.90 Å². The van der Waals surface area contributed by atoms with E-state index in [2.05, 4.69) is 0 Å². The summed E-state index contributed by atoms with van der Waals surface area (Å²) in [5.74, 6) is -3.63. The van der Waals surface area contributed by atoms with Crippen molar-refractivity contribution in [2.45, 2.75) is 57.3 Å². The Labute approximate surface area is 249 Å². The van der Waals surface area contributed by atoms with Gasteiger partial charge in [0.05, 0.1) is 23.6 Å². The molecule has 9 nitrogen and oxygen atoms in total. The van der Waals surface area contributed by atoms with Gasteiger partial charge in [0.15, 0.2) is 5.79 Å². The molecule has 0 saturated carbocycles. The fourth-order valence-corrected chi connectivity index (χ4v) is 6.69. The molecule has 0 spiro atoms. The van der Waals surface area contributed by atoms with Crippen molar-refractivity contribution in [2.24, 2.45) is 11.8 Å². The first-order valence-corrected chi connectivity index (χ1v) is 14.5. The van der Waals surface area contributed by atoms with E-state index in [0.29, 0.717) is 18.0 Å². The summed E-state index contributed by atoms with van der Waals surface area (Å²) >= 11 is 0. The van der Waals surface area contributed by atoms with E-state index in [9.17, 15) is 14.4 Å². The second-order valence-corrected chi connectivity index (χ2v) is 11.7. The van der Waals surface area contributed by atoms with Gasteiger partial charge in [-0.3, -0.25) is 19.3 Å². The third-order valence-corrected chi connectivity index (χ3v) is 8.44. The Morgan fingerprint density at radius 3 is 2.07 bits per heavy atom. The first-order chi connectivity index (χ1) is 20.8. The highest BCUT2D eigenvalue weighted by Gasteiger charge is 2.66. The zero-order valence-corrected chi connectivity index (χ0v) is 23.9. The first-order valence-electron chi connectivity index (χ1n) is 14.5. The van der Waals surface area contributed by atoms with Gasteiger partial charge in [0.25, 0.3) is 0 Å². The number of amides is 2. The van der Waals surface area contributed by atoms with E-state index in [1.54, 1.807) is 24.3 Å². The predicted molar refractivity (Wildman–Crippen MR) is 155 cm³/mol. The number of carbonyl (C=O) groups excluding carboxylic acids is 3. The van der Waals surface area contributed by atoms with Gasteiger partial charge >= 0.3 is 5.97 Å². The molecule has 4 heterocycles. The maximum atomic E-state index is 14.2. The van der Waals surface area contributed by atoms with Crippen LogP contribution in [0.25, 0.3) is 0 Å². The number of anilines is 1. The monoisotopic (exact) mass is 580 g/mol. The lowest BCUT2D eigenvalue weighted by molar-refractivity contribution is -0.184. The zero-order chi connectivity index (χ0) is 29.7. The molecule has 3 fully saturated rings. The molecule has 6 atom stereocenters. The quantitative estimate of drug-likeness (QED) is 0.304. The van der Waals surface area contributed by atoms with E-state index < -0.39 is 54.0 Å². The van der Waals surface area contributed by atoms with Crippen molar-refractivity contribution >= 4 is 23.5 Å². The number of fused-ring (bicyclic) bond motifs is 2. The summed E-state index contributed by atoms with van der Waals surface area (Å²) in [5.41, 5.74) is 2.20. The number of esters is 1. The van der Waals surface area contributed by atoms with Crippen LogP contribution in [0.5, 0.6) is 0 Å². The van der Waals surface area contributed by atoms with Gasteiger partial charge in [0, 0.05) is 6.54 Å². The molecule has 4 aliphatic heterocycles. The normalized spacial score (nSPS) is 29.3. The van der Waals surface area contributed by atoms with Crippen LogP contribution in [0.1, 0.15) is 25.0 Å². The van der Waals surface area contributed by atoms with Gasteiger partial charge in [-0.1, -0.05) is 78.9 Å². The molecule has 3 saturated heterocycles. The lowest BCUT2D eigenvalue weighted by Gasteiger charge is -2.33. The number of benzene rings is 3. The van der Waals surface area contributed by atoms with E-state index in [1.807, 2.05) is 91.6 Å². The molecule has 0 N–H and O–H groups in total.